The number of carbonyl (C=O) groups excluding carboxylic acids is 5. The number of benzene rings is 3. The van der Waals surface area contributed by atoms with Crippen LogP contribution in [-0.2, 0) is 33.2 Å². The van der Waals surface area contributed by atoms with Gasteiger partial charge >= 0.3 is 30.0 Å². The third-order valence-corrected chi connectivity index (χ3v) is 7.34. The molecule has 2 aliphatic rings. The second-order valence-corrected chi connectivity index (χ2v) is 10.7. The van der Waals surface area contributed by atoms with Gasteiger partial charge in [0.25, 0.3) is 0 Å². The molecule has 0 aliphatic carbocycles. The molecule has 49 heavy (non-hydrogen) atoms. The molecule has 2 saturated heterocycles. The predicted molar refractivity (Wildman–Crippen MR) is 166 cm³/mol. The molecule has 256 valence electrons. The van der Waals surface area contributed by atoms with Crippen LogP contribution in [0.15, 0.2) is 85.5 Å². The number of rotatable bonds is 13. The largest absolute Gasteiger partial charge is 0.513 e. The van der Waals surface area contributed by atoms with Gasteiger partial charge in [0.2, 0.25) is 0 Å². The summed E-state index contributed by atoms with van der Waals surface area (Å²) in [5, 5.41) is 9.42. The standard InChI is InChI=1S/C35H32O14/c1-2-29(37)42-17-3-4-18-43-35(41)47-26-15-9-22(10-16-26)32(38)46-25-13-7-23(8-14-25)34(40)49-28-20-45-30-27(19-44-31(28)30)48-33(39)21-5-11-24(36)12-6-21/h2,5-16,27-28,30-31,36H,1,3-4,17-20H2. The minimum Gasteiger partial charge on any atom is -0.508 e. The zero-order chi connectivity index (χ0) is 34.8. The van der Waals surface area contributed by atoms with Crippen LogP contribution in [-0.4, -0.2) is 86.0 Å². The van der Waals surface area contributed by atoms with Crippen molar-refractivity contribution in [1.82, 2.24) is 0 Å². The van der Waals surface area contributed by atoms with Crippen LogP contribution in [0, 0.1) is 0 Å². The van der Waals surface area contributed by atoms with E-state index in [-0.39, 0.29) is 60.4 Å². The number of esters is 4. The lowest BCUT2D eigenvalue weighted by Gasteiger charge is -2.17. The minimum absolute atomic E-state index is 0.0218. The monoisotopic (exact) mass is 676 g/mol. The van der Waals surface area contributed by atoms with Crippen LogP contribution in [0.5, 0.6) is 17.2 Å². The second-order valence-electron chi connectivity index (χ2n) is 10.7. The van der Waals surface area contributed by atoms with Gasteiger partial charge in [0.15, 0.2) is 12.2 Å². The fourth-order valence-corrected chi connectivity index (χ4v) is 4.84. The molecule has 0 spiro atoms. The lowest BCUT2D eigenvalue weighted by atomic mass is 10.1. The number of hydrogen-bond acceptors (Lipinski definition) is 14. The number of phenols is 1. The van der Waals surface area contributed by atoms with Gasteiger partial charge in [0.1, 0.15) is 29.5 Å². The number of ether oxygens (including phenoxy) is 8. The SMILES string of the molecule is C=CC(=O)OCCCCOC(=O)Oc1ccc(C(=O)Oc2ccc(C(=O)OC3COC4C(OC(=O)c5ccc(O)cc5)COC34)cc2)cc1. The summed E-state index contributed by atoms with van der Waals surface area (Å²) in [6.07, 6.45) is -1.59. The molecule has 3 aromatic carbocycles. The number of phenolic OH excluding ortho intramolecular Hbond substituents is 1. The molecule has 0 bridgehead atoms. The van der Waals surface area contributed by atoms with Gasteiger partial charge in [-0.2, -0.15) is 0 Å². The first kappa shape index (κ1) is 34.6. The molecule has 4 atom stereocenters. The summed E-state index contributed by atoms with van der Waals surface area (Å²) < 4.78 is 42.9. The van der Waals surface area contributed by atoms with E-state index in [0.717, 1.165) is 6.08 Å². The van der Waals surface area contributed by atoms with Gasteiger partial charge in [0.05, 0.1) is 43.1 Å². The van der Waals surface area contributed by atoms with Gasteiger partial charge in [-0.3, -0.25) is 0 Å². The highest BCUT2D eigenvalue weighted by Crippen LogP contribution is 2.32. The van der Waals surface area contributed by atoms with Gasteiger partial charge in [-0.25, -0.2) is 24.0 Å². The molecule has 14 heteroatoms. The van der Waals surface area contributed by atoms with Gasteiger partial charge in [-0.05, 0) is 85.6 Å². The summed E-state index contributed by atoms with van der Waals surface area (Å²) in [4.78, 5) is 60.8. The van der Waals surface area contributed by atoms with Crippen molar-refractivity contribution in [3.05, 3.63) is 102 Å². The summed E-state index contributed by atoms with van der Waals surface area (Å²) >= 11 is 0. The molecule has 14 nitrogen and oxygen atoms in total. The Labute approximate surface area is 280 Å². The molecular weight excluding hydrogens is 644 g/mol. The molecular formula is C35H32O14. The summed E-state index contributed by atoms with van der Waals surface area (Å²) in [5.41, 5.74) is 0.633. The molecule has 3 aromatic rings. The minimum atomic E-state index is -0.926. The Morgan fingerprint density at radius 2 is 1.10 bits per heavy atom. The normalized spacial score (nSPS) is 19.2. The van der Waals surface area contributed by atoms with Crippen LogP contribution in [0.3, 0.4) is 0 Å². The van der Waals surface area contributed by atoms with Gasteiger partial charge < -0.3 is 43.0 Å². The summed E-state index contributed by atoms with van der Waals surface area (Å²) in [5.74, 6) is -2.11. The van der Waals surface area contributed by atoms with Crippen molar-refractivity contribution >= 4 is 30.0 Å². The Morgan fingerprint density at radius 3 is 1.61 bits per heavy atom. The fraction of sp³-hybridized carbons (Fsp3) is 0.286. The van der Waals surface area contributed by atoms with Crippen molar-refractivity contribution in [2.24, 2.45) is 0 Å². The van der Waals surface area contributed by atoms with Gasteiger partial charge in [-0.15, -0.1) is 0 Å². The molecule has 2 fully saturated rings. The average Bonchev–Trinajstić information content (AvgIpc) is 3.69. The van der Waals surface area contributed by atoms with Crippen LogP contribution < -0.4 is 9.47 Å². The van der Waals surface area contributed by atoms with Crippen molar-refractivity contribution in [3.63, 3.8) is 0 Å². The first-order valence-electron chi connectivity index (χ1n) is 15.2. The van der Waals surface area contributed by atoms with Gasteiger partial charge in [-0.1, -0.05) is 6.58 Å². The lowest BCUT2D eigenvalue weighted by molar-refractivity contribution is -0.137. The van der Waals surface area contributed by atoms with E-state index in [1.54, 1.807) is 0 Å². The Balaban J connectivity index is 1.03. The van der Waals surface area contributed by atoms with Gasteiger partial charge in [0, 0.05) is 6.08 Å². The first-order valence-corrected chi connectivity index (χ1v) is 15.2. The van der Waals surface area contributed by atoms with E-state index in [4.69, 9.17) is 37.9 Å². The molecule has 1 N–H and O–H groups in total. The number of carbonyl (C=O) groups is 5. The maximum absolute atomic E-state index is 12.8. The van der Waals surface area contributed by atoms with Crippen LogP contribution in [0.4, 0.5) is 4.79 Å². The zero-order valence-corrected chi connectivity index (χ0v) is 26.0. The summed E-state index contributed by atoms with van der Waals surface area (Å²) in [6.45, 7) is 3.65. The van der Waals surface area contributed by atoms with Crippen molar-refractivity contribution in [3.8, 4) is 17.2 Å². The van der Waals surface area contributed by atoms with E-state index in [0.29, 0.717) is 12.8 Å². The number of hydrogen-bond donors (Lipinski definition) is 1. The third kappa shape index (κ3) is 9.43. The quantitative estimate of drug-likeness (QED) is 0.0680. The highest BCUT2D eigenvalue weighted by Gasteiger charge is 2.51. The maximum atomic E-state index is 12.8. The first-order chi connectivity index (χ1) is 23.7. The highest BCUT2D eigenvalue weighted by atomic mass is 16.7. The van der Waals surface area contributed by atoms with E-state index in [2.05, 4.69) is 6.58 Å². The fourth-order valence-electron chi connectivity index (χ4n) is 4.84. The summed E-state index contributed by atoms with van der Waals surface area (Å²) in [6, 6.07) is 17.0. The molecule has 0 saturated carbocycles. The second kappa shape index (κ2) is 16.4. The number of unbranched alkanes of at least 4 members (excludes halogenated alkanes) is 1. The van der Waals surface area contributed by atoms with E-state index in [1.807, 2.05) is 0 Å². The lowest BCUT2D eigenvalue weighted by Crippen LogP contribution is -2.36. The highest BCUT2D eigenvalue weighted by molar-refractivity contribution is 5.92. The average molecular weight is 677 g/mol. The van der Waals surface area contributed by atoms with E-state index in [1.165, 1.54) is 72.8 Å². The van der Waals surface area contributed by atoms with Crippen LogP contribution in [0.25, 0.3) is 0 Å². The van der Waals surface area contributed by atoms with Crippen molar-refractivity contribution in [2.45, 2.75) is 37.3 Å². The Morgan fingerprint density at radius 1 is 0.653 bits per heavy atom. The Hall–Kier alpha value is -5.73. The molecule has 0 aromatic heterocycles. The molecule has 5 rings (SSSR count). The smallest absolute Gasteiger partial charge is 0.508 e. The zero-order valence-electron chi connectivity index (χ0n) is 26.0. The molecule has 0 amide bonds. The molecule has 2 heterocycles. The maximum Gasteiger partial charge on any atom is 0.513 e. The molecule has 4 unspecified atom stereocenters. The van der Waals surface area contributed by atoms with E-state index >= 15 is 0 Å². The Bertz CT molecular complexity index is 1650. The third-order valence-electron chi connectivity index (χ3n) is 7.34. The van der Waals surface area contributed by atoms with Crippen molar-refractivity contribution < 1.29 is 67.0 Å². The van der Waals surface area contributed by atoms with Crippen molar-refractivity contribution in [2.75, 3.05) is 26.4 Å². The van der Waals surface area contributed by atoms with E-state index < -0.39 is 54.4 Å². The van der Waals surface area contributed by atoms with Crippen molar-refractivity contribution in [1.29, 1.82) is 0 Å². The summed E-state index contributed by atoms with van der Waals surface area (Å²) in [7, 11) is 0. The number of aromatic hydroxyl groups is 1. The molecule has 2 aliphatic heterocycles. The Kier molecular flexibility index (Phi) is 11.6. The molecule has 0 radical (unpaired) electrons. The predicted octanol–water partition coefficient (Wildman–Crippen LogP) is 4.18. The van der Waals surface area contributed by atoms with Crippen LogP contribution in [0.2, 0.25) is 0 Å². The van der Waals surface area contributed by atoms with E-state index in [9.17, 15) is 29.1 Å². The van der Waals surface area contributed by atoms with Crippen LogP contribution >= 0.6 is 0 Å². The number of fused-ring (bicyclic) bond motifs is 1. The van der Waals surface area contributed by atoms with Crippen LogP contribution in [0.1, 0.15) is 43.9 Å². The topological polar surface area (TPSA) is 179 Å².